The average Bonchev–Trinajstić information content (AvgIpc) is 3.23. The molecule has 7 heteroatoms. The Balaban J connectivity index is 1.72. The van der Waals surface area contributed by atoms with Gasteiger partial charge in [-0.05, 0) is 37.5 Å². The monoisotopic (exact) mass is 327 g/mol. The van der Waals surface area contributed by atoms with Gasteiger partial charge in [0.15, 0.2) is 0 Å². The number of aromatic nitrogens is 3. The molecular formula is C17H21N5O2. The number of nitrogens with one attached hydrogen (secondary N) is 1. The fourth-order valence-corrected chi connectivity index (χ4v) is 3.02. The van der Waals surface area contributed by atoms with Crippen LogP contribution in [0.4, 0.5) is 0 Å². The van der Waals surface area contributed by atoms with E-state index < -0.39 is 0 Å². The molecule has 0 radical (unpaired) electrons. The van der Waals surface area contributed by atoms with Crippen molar-refractivity contribution in [2.24, 2.45) is 0 Å². The molecular weight excluding hydrogens is 306 g/mol. The number of likely N-dealkylation sites (tertiary alicyclic amines) is 1. The lowest BCUT2D eigenvalue weighted by Crippen LogP contribution is -2.38. The quantitative estimate of drug-likeness (QED) is 0.916. The SMILES string of the molecule is CNC(=O)c1ccc(C(=O)N2CCC[C@H]2Cn2cc(C)cn2)cn1. The highest BCUT2D eigenvalue weighted by molar-refractivity contribution is 5.96. The Kier molecular flexibility index (Phi) is 4.59. The first kappa shape index (κ1) is 16.2. The molecule has 0 aromatic carbocycles. The van der Waals surface area contributed by atoms with Gasteiger partial charge in [0.2, 0.25) is 0 Å². The molecule has 0 saturated carbocycles. The summed E-state index contributed by atoms with van der Waals surface area (Å²) < 4.78 is 1.89. The molecule has 1 atom stereocenters. The Hall–Kier alpha value is -2.70. The molecule has 7 nitrogen and oxygen atoms in total. The Morgan fingerprint density at radius 2 is 2.17 bits per heavy atom. The van der Waals surface area contributed by atoms with Gasteiger partial charge in [-0.15, -0.1) is 0 Å². The van der Waals surface area contributed by atoms with E-state index in [1.807, 2.05) is 28.9 Å². The molecule has 2 amide bonds. The van der Waals surface area contributed by atoms with Gasteiger partial charge in [0.05, 0.1) is 24.3 Å². The first-order valence-electron chi connectivity index (χ1n) is 8.06. The standard InChI is InChI=1S/C17H21N5O2/c1-12-8-20-21(10-12)11-14-4-3-7-22(14)17(24)13-5-6-15(19-9-13)16(23)18-2/h5-6,8-10,14H,3-4,7,11H2,1-2H3,(H,18,23)/t14-/m0/s1. The predicted octanol–water partition coefficient (Wildman–Crippen LogP) is 1.25. The Morgan fingerprint density at radius 3 is 2.79 bits per heavy atom. The van der Waals surface area contributed by atoms with Gasteiger partial charge in [0.1, 0.15) is 5.69 Å². The molecule has 2 aromatic heterocycles. The lowest BCUT2D eigenvalue weighted by atomic mass is 10.2. The van der Waals surface area contributed by atoms with Gasteiger partial charge in [0.25, 0.3) is 11.8 Å². The van der Waals surface area contributed by atoms with Crippen LogP contribution in [0.25, 0.3) is 0 Å². The Morgan fingerprint density at radius 1 is 1.33 bits per heavy atom. The minimum atomic E-state index is -0.262. The van der Waals surface area contributed by atoms with Crippen LogP contribution < -0.4 is 5.32 Å². The van der Waals surface area contributed by atoms with E-state index in [-0.39, 0.29) is 17.9 Å². The second kappa shape index (κ2) is 6.82. The number of nitrogens with zero attached hydrogens (tertiary/aromatic N) is 4. The van der Waals surface area contributed by atoms with E-state index in [0.717, 1.165) is 24.9 Å². The van der Waals surface area contributed by atoms with Crippen LogP contribution in [-0.2, 0) is 6.54 Å². The van der Waals surface area contributed by atoms with Crippen LogP contribution in [-0.4, -0.2) is 51.1 Å². The minimum absolute atomic E-state index is 0.0441. The first-order valence-corrected chi connectivity index (χ1v) is 8.06. The normalized spacial score (nSPS) is 17.1. The second-order valence-electron chi connectivity index (χ2n) is 6.05. The molecule has 0 bridgehead atoms. The Labute approximate surface area is 140 Å². The smallest absolute Gasteiger partial charge is 0.269 e. The fraction of sp³-hybridized carbons (Fsp3) is 0.412. The molecule has 0 unspecified atom stereocenters. The lowest BCUT2D eigenvalue weighted by Gasteiger charge is -2.24. The largest absolute Gasteiger partial charge is 0.354 e. The summed E-state index contributed by atoms with van der Waals surface area (Å²) in [6.07, 6.45) is 7.23. The van der Waals surface area contributed by atoms with Gasteiger partial charge in [-0.2, -0.15) is 5.10 Å². The van der Waals surface area contributed by atoms with Crippen molar-refractivity contribution in [3.8, 4) is 0 Å². The van der Waals surface area contributed by atoms with Gasteiger partial charge in [0, 0.05) is 26.0 Å². The second-order valence-corrected chi connectivity index (χ2v) is 6.05. The summed E-state index contributed by atoms with van der Waals surface area (Å²) in [7, 11) is 1.55. The molecule has 0 spiro atoms. The van der Waals surface area contributed by atoms with E-state index in [1.54, 1.807) is 19.2 Å². The molecule has 1 aliphatic rings. The first-order chi connectivity index (χ1) is 11.6. The van der Waals surface area contributed by atoms with Gasteiger partial charge in [-0.25, -0.2) is 0 Å². The minimum Gasteiger partial charge on any atom is -0.354 e. The number of aryl methyl sites for hydroxylation is 1. The molecule has 126 valence electrons. The number of hydrogen-bond acceptors (Lipinski definition) is 4. The molecule has 1 aliphatic heterocycles. The molecule has 3 heterocycles. The molecule has 0 aliphatic carbocycles. The van der Waals surface area contributed by atoms with E-state index in [9.17, 15) is 9.59 Å². The summed E-state index contributed by atoms with van der Waals surface area (Å²) in [5, 5.41) is 6.82. The van der Waals surface area contributed by atoms with Crippen molar-refractivity contribution in [1.82, 2.24) is 25.0 Å². The molecule has 1 N–H and O–H groups in total. The summed E-state index contributed by atoms with van der Waals surface area (Å²) in [4.78, 5) is 30.2. The number of pyridine rings is 1. The number of hydrogen-bond donors (Lipinski definition) is 1. The molecule has 2 aromatic rings. The van der Waals surface area contributed by atoms with E-state index in [0.29, 0.717) is 17.8 Å². The van der Waals surface area contributed by atoms with Gasteiger partial charge in [-0.1, -0.05) is 0 Å². The van der Waals surface area contributed by atoms with Crippen molar-refractivity contribution in [2.75, 3.05) is 13.6 Å². The van der Waals surface area contributed by atoms with Crippen molar-refractivity contribution in [2.45, 2.75) is 32.4 Å². The van der Waals surface area contributed by atoms with Crippen LogP contribution in [0.3, 0.4) is 0 Å². The summed E-state index contributed by atoms with van der Waals surface area (Å²) >= 11 is 0. The van der Waals surface area contributed by atoms with Crippen molar-refractivity contribution in [3.05, 3.63) is 47.5 Å². The Bertz CT molecular complexity index is 738. The number of carbonyl (C=O) groups is 2. The number of carbonyl (C=O) groups excluding carboxylic acids is 2. The van der Waals surface area contributed by atoms with Gasteiger partial charge < -0.3 is 10.2 Å². The molecule has 3 rings (SSSR count). The predicted molar refractivity (Wildman–Crippen MR) is 88.6 cm³/mol. The third-order valence-electron chi connectivity index (χ3n) is 4.27. The summed E-state index contributed by atoms with van der Waals surface area (Å²) in [6.45, 7) is 3.44. The number of rotatable bonds is 4. The van der Waals surface area contributed by atoms with Crippen molar-refractivity contribution >= 4 is 11.8 Å². The summed E-state index contributed by atoms with van der Waals surface area (Å²) in [5.41, 5.74) is 1.92. The highest BCUT2D eigenvalue weighted by atomic mass is 16.2. The highest BCUT2D eigenvalue weighted by Crippen LogP contribution is 2.21. The van der Waals surface area contributed by atoms with Crippen LogP contribution in [0, 0.1) is 6.92 Å². The van der Waals surface area contributed by atoms with E-state index >= 15 is 0 Å². The average molecular weight is 327 g/mol. The third-order valence-corrected chi connectivity index (χ3v) is 4.27. The van der Waals surface area contributed by atoms with Crippen LogP contribution in [0.2, 0.25) is 0 Å². The van der Waals surface area contributed by atoms with Crippen molar-refractivity contribution in [3.63, 3.8) is 0 Å². The van der Waals surface area contributed by atoms with Crippen molar-refractivity contribution < 1.29 is 9.59 Å². The zero-order valence-corrected chi connectivity index (χ0v) is 13.9. The maximum atomic E-state index is 12.8. The van der Waals surface area contributed by atoms with Gasteiger partial charge >= 0.3 is 0 Å². The van der Waals surface area contributed by atoms with E-state index in [1.165, 1.54) is 6.20 Å². The van der Waals surface area contributed by atoms with Crippen LogP contribution in [0.5, 0.6) is 0 Å². The summed E-state index contributed by atoms with van der Waals surface area (Å²) in [5.74, 6) is -0.306. The molecule has 1 fully saturated rings. The third kappa shape index (κ3) is 3.29. The highest BCUT2D eigenvalue weighted by Gasteiger charge is 2.30. The zero-order valence-electron chi connectivity index (χ0n) is 13.9. The summed E-state index contributed by atoms with van der Waals surface area (Å²) in [6, 6.07) is 3.37. The zero-order chi connectivity index (χ0) is 17.1. The topological polar surface area (TPSA) is 80.1 Å². The molecule has 1 saturated heterocycles. The fourth-order valence-electron chi connectivity index (χ4n) is 3.02. The van der Waals surface area contributed by atoms with E-state index in [2.05, 4.69) is 15.4 Å². The lowest BCUT2D eigenvalue weighted by molar-refractivity contribution is 0.0720. The van der Waals surface area contributed by atoms with E-state index in [4.69, 9.17) is 0 Å². The number of amides is 2. The van der Waals surface area contributed by atoms with Crippen molar-refractivity contribution in [1.29, 1.82) is 0 Å². The maximum Gasteiger partial charge on any atom is 0.269 e. The van der Waals surface area contributed by atoms with Gasteiger partial charge in [-0.3, -0.25) is 19.3 Å². The maximum absolute atomic E-state index is 12.8. The van der Waals surface area contributed by atoms with Crippen LogP contribution >= 0.6 is 0 Å². The van der Waals surface area contributed by atoms with Crippen LogP contribution in [0.1, 0.15) is 39.3 Å². The molecule has 24 heavy (non-hydrogen) atoms. The van der Waals surface area contributed by atoms with Crippen LogP contribution in [0.15, 0.2) is 30.7 Å².